The van der Waals surface area contributed by atoms with Crippen LogP contribution in [-0.4, -0.2) is 51.5 Å². The van der Waals surface area contributed by atoms with Gasteiger partial charge in [0.15, 0.2) is 0 Å². The van der Waals surface area contributed by atoms with E-state index in [1.54, 1.807) is 4.90 Å². The molecule has 1 heterocycles. The summed E-state index contributed by atoms with van der Waals surface area (Å²) in [4.78, 5) is 30.5. The summed E-state index contributed by atoms with van der Waals surface area (Å²) in [7, 11) is 0. The Morgan fingerprint density at radius 2 is 1.67 bits per heavy atom. The average molecular weight is 513 g/mol. The summed E-state index contributed by atoms with van der Waals surface area (Å²) in [5.41, 5.74) is 2.15. The summed E-state index contributed by atoms with van der Waals surface area (Å²) in [5, 5.41) is 3.93. The standard InChI is InChI=1S/C29H41ClN4O2/c1-2-32(29(36)31-24-13-5-3-6-14-24)22-28(35)34(25-15-7-4-8-16-25)21-26-17-11-19-33(26)20-23-12-9-10-18-27(23)30/h9-12,17-19,24-25H,2-8,13-16,20-22H2,1H3,(H,31,36). The molecule has 2 aliphatic carbocycles. The molecule has 1 N–H and O–H groups in total. The molecular weight excluding hydrogens is 472 g/mol. The number of benzene rings is 1. The molecule has 36 heavy (non-hydrogen) atoms. The Balaban J connectivity index is 1.46. The maximum absolute atomic E-state index is 13.7. The molecule has 1 aromatic heterocycles. The van der Waals surface area contributed by atoms with Gasteiger partial charge in [-0.3, -0.25) is 4.79 Å². The van der Waals surface area contributed by atoms with Gasteiger partial charge in [-0.2, -0.15) is 0 Å². The van der Waals surface area contributed by atoms with Crippen LogP contribution in [0.5, 0.6) is 0 Å². The van der Waals surface area contributed by atoms with Crippen LogP contribution >= 0.6 is 11.6 Å². The molecule has 196 valence electrons. The fraction of sp³-hybridized carbons (Fsp3) is 0.586. The van der Waals surface area contributed by atoms with Crippen molar-refractivity contribution in [2.24, 2.45) is 0 Å². The van der Waals surface area contributed by atoms with Gasteiger partial charge in [0.05, 0.1) is 6.54 Å². The summed E-state index contributed by atoms with van der Waals surface area (Å²) in [6.07, 6.45) is 13.3. The topological polar surface area (TPSA) is 57.6 Å². The molecule has 4 rings (SSSR count). The number of carbonyl (C=O) groups is 2. The highest BCUT2D eigenvalue weighted by atomic mass is 35.5. The lowest BCUT2D eigenvalue weighted by molar-refractivity contribution is -0.135. The molecule has 2 fully saturated rings. The second-order valence-corrected chi connectivity index (χ2v) is 10.7. The molecule has 6 nitrogen and oxygen atoms in total. The monoisotopic (exact) mass is 512 g/mol. The molecule has 7 heteroatoms. The van der Waals surface area contributed by atoms with Crippen LogP contribution in [0.2, 0.25) is 5.02 Å². The van der Waals surface area contributed by atoms with Gasteiger partial charge in [-0.1, -0.05) is 68.3 Å². The van der Waals surface area contributed by atoms with Gasteiger partial charge in [-0.15, -0.1) is 0 Å². The Kier molecular flexibility index (Phi) is 9.74. The molecule has 0 radical (unpaired) electrons. The first-order chi connectivity index (χ1) is 17.5. The zero-order valence-corrected chi connectivity index (χ0v) is 22.4. The smallest absolute Gasteiger partial charge is 0.318 e. The largest absolute Gasteiger partial charge is 0.345 e. The number of urea groups is 1. The minimum atomic E-state index is -0.108. The number of amides is 3. The van der Waals surface area contributed by atoms with Crippen LogP contribution in [0.15, 0.2) is 42.6 Å². The number of rotatable bonds is 9. The van der Waals surface area contributed by atoms with Crippen molar-refractivity contribution in [2.75, 3.05) is 13.1 Å². The number of hydrogen-bond donors (Lipinski definition) is 1. The lowest BCUT2D eigenvalue weighted by Crippen LogP contribution is -2.51. The van der Waals surface area contributed by atoms with Gasteiger partial charge in [-0.05, 0) is 56.4 Å². The third-order valence-corrected chi connectivity index (χ3v) is 8.19. The van der Waals surface area contributed by atoms with Crippen LogP contribution in [0.25, 0.3) is 0 Å². The van der Waals surface area contributed by atoms with E-state index in [-0.39, 0.29) is 30.6 Å². The molecule has 0 atom stereocenters. The molecule has 2 aromatic rings. The molecule has 2 aliphatic rings. The van der Waals surface area contributed by atoms with Gasteiger partial charge in [0, 0.05) is 42.1 Å². The van der Waals surface area contributed by atoms with E-state index in [0.717, 1.165) is 54.8 Å². The molecule has 0 bridgehead atoms. The van der Waals surface area contributed by atoms with Crippen molar-refractivity contribution >= 4 is 23.5 Å². The number of hydrogen-bond acceptors (Lipinski definition) is 2. The molecule has 0 unspecified atom stereocenters. The van der Waals surface area contributed by atoms with E-state index in [1.807, 2.05) is 42.2 Å². The van der Waals surface area contributed by atoms with Crippen LogP contribution in [0.1, 0.15) is 82.4 Å². The van der Waals surface area contributed by atoms with Gasteiger partial charge in [0.25, 0.3) is 0 Å². The van der Waals surface area contributed by atoms with Gasteiger partial charge >= 0.3 is 6.03 Å². The van der Waals surface area contributed by atoms with Crippen molar-refractivity contribution in [3.05, 3.63) is 58.9 Å². The summed E-state index contributed by atoms with van der Waals surface area (Å²) in [6, 6.07) is 12.4. The SMILES string of the molecule is CCN(CC(=O)N(Cc1cccn1Cc1ccccc1Cl)C1CCCCC1)C(=O)NC1CCCCC1. The number of halogens is 1. The van der Waals surface area contributed by atoms with Gasteiger partial charge in [-0.25, -0.2) is 4.79 Å². The Labute approximate surface area is 221 Å². The number of aromatic nitrogens is 1. The normalized spacial score (nSPS) is 17.1. The van der Waals surface area contributed by atoms with E-state index >= 15 is 0 Å². The second kappa shape index (κ2) is 13.2. The molecule has 1 aromatic carbocycles. The van der Waals surface area contributed by atoms with Crippen LogP contribution in [0, 0.1) is 0 Å². The van der Waals surface area contributed by atoms with E-state index in [4.69, 9.17) is 11.6 Å². The predicted molar refractivity (Wildman–Crippen MR) is 145 cm³/mol. The molecule has 0 aliphatic heterocycles. The minimum absolute atomic E-state index is 0.0352. The van der Waals surface area contributed by atoms with E-state index < -0.39 is 0 Å². The molecule has 0 spiro atoms. The van der Waals surface area contributed by atoms with E-state index in [0.29, 0.717) is 19.6 Å². The van der Waals surface area contributed by atoms with Gasteiger partial charge in [0.1, 0.15) is 6.54 Å². The lowest BCUT2D eigenvalue weighted by atomic mass is 9.94. The Bertz CT molecular complexity index is 995. The van der Waals surface area contributed by atoms with E-state index in [1.165, 1.54) is 25.7 Å². The lowest BCUT2D eigenvalue weighted by Gasteiger charge is -2.36. The molecule has 2 saturated carbocycles. The number of likely N-dealkylation sites (N-methyl/N-ethyl adjacent to an activating group) is 1. The maximum atomic E-state index is 13.7. The fourth-order valence-electron chi connectivity index (χ4n) is 5.64. The Hall–Kier alpha value is -2.47. The summed E-state index contributed by atoms with van der Waals surface area (Å²) >= 11 is 6.42. The Morgan fingerprint density at radius 1 is 0.972 bits per heavy atom. The first-order valence-corrected chi connectivity index (χ1v) is 14.1. The summed E-state index contributed by atoms with van der Waals surface area (Å²) < 4.78 is 2.18. The average Bonchev–Trinajstić information content (AvgIpc) is 3.34. The van der Waals surface area contributed by atoms with Crippen molar-refractivity contribution < 1.29 is 9.59 Å². The highest BCUT2D eigenvalue weighted by Gasteiger charge is 2.29. The van der Waals surface area contributed by atoms with Gasteiger partial charge < -0.3 is 19.7 Å². The quantitative estimate of drug-likeness (QED) is 0.434. The Morgan fingerprint density at radius 3 is 2.36 bits per heavy atom. The molecule has 3 amide bonds. The fourth-order valence-corrected chi connectivity index (χ4v) is 5.84. The van der Waals surface area contributed by atoms with E-state index in [9.17, 15) is 9.59 Å². The summed E-state index contributed by atoms with van der Waals surface area (Å²) in [5.74, 6) is 0.0352. The highest BCUT2D eigenvalue weighted by molar-refractivity contribution is 6.31. The van der Waals surface area contributed by atoms with Crippen molar-refractivity contribution in [3.8, 4) is 0 Å². The maximum Gasteiger partial charge on any atom is 0.318 e. The first-order valence-electron chi connectivity index (χ1n) is 13.8. The van der Waals surface area contributed by atoms with Gasteiger partial charge in [0.2, 0.25) is 5.91 Å². The van der Waals surface area contributed by atoms with Crippen LogP contribution < -0.4 is 5.32 Å². The van der Waals surface area contributed by atoms with Crippen molar-refractivity contribution in [1.82, 2.24) is 19.7 Å². The van der Waals surface area contributed by atoms with Crippen LogP contribution in [-0.2, 0) is 17.9 Å². The van der Waals surface area contributed by atoms with Crippen molar-refractivity contribution in [1.29, 1.82) is 0 Å². The molecular formula is C29H41ClN4O2. The third-order valence-electron chi connectivity index (χ3n) is 7.82. The third kappa shape index (κ3) is 7.06. The highest BCUT2D eigenvalue weighted by Crippen LogP contribution is 2.26. The minimum Gasteiger partial charge on any atom is -0.345 e. The van der Waals surface area contributed by atoms with E-state index in [2.05, 4.69) is 22.1 Å². The predicted octanol–water partition coefficient (Wildman–Crippen LogP) is 6.22. The zero-order valence-electron chi connectivity index (χ0n) is 21.6. The van der Waals surface area contributed by atoms with Crippen LogP contribution in [0.4, 0.5) is 4.79 Å². The number of nitrogens with one attached hydrogen (secondary N) is 1. The number of carbonyl (C=O) groups excluding carboxylic acids is 2. The first kappa shape index (κ1) is 26.6. The van der Waals surface area contributed by atoms with Crippen molar-refractivity contribution in [3.63, 3.8) is 0 Å². The van der Waals surface area contributed by atoms with Crippen molar-refractivity contribution in [2.45, 2.75) is 96.3 Å². The summed E-state index contributed by atoms with van der Waals surface area (Å²) in [6.45, 7) is 3.80. The second-order valence-electron chi connectivity index (χ2n) is 10.3. The zero-order chi connectivity index (χ0) is 25.3. The van der Waals surface area contributed by atoms with Crippen LogP contribution in [0.3, 0.4) is 0 Å². The number of nitrogens with zero attached hydrogens (tertiary/aromatic N) is 3. The molecule has 0 saturated heterocycles.